The van der Waals surface area contributed by atoms with E-state index >= 15 is 0 Å². The van der Waals surface area contributed by atoms with Gasteiger partial charge in [-0.2, -0.15) is 0 Å². The number of alkyl carbamates (subject to hydrolysis) is 1. The van der Waals surface area contributed by atoms with E-state index in [1.54, 1.807) is 65.6 Å². The maximum atomic E-state index is 13.1. The number of sulfonamides is 1. The average Bonchev–Trinajstić information content (AvgIpc) is 2.97. The molecule has 0 aromatic heterocycles. The van der Waals surface area contributed by atoms with Crippen LogP contribution in [0.5, 0.6) is 0 Å². The molecule has 1 heterocycles. The lowest BCUT2D eigenvalue weighted by Gasteiger charge is -2.28. The molecule has 0 spiro atoms. The number of rotatable bonds is 8. The molecule has 0 unspecified atom stereocenters. The molecule has 3 aromatic carbocycles. The standard InChI is InChI=1S/C30H36N6O5S/c1-3-36(29(37)33-24-13-11-22(12-14-24)26-9-4-5-10-27(26)42(32,39)40)20-21-7-6-8-23(19-21)28(31)34-30(38)41-25-15-17-35(2)18-16-25/h4-14,19,25H,3,15-18,20H2,1-2H3,(H,33,37)(H2,31,34,38)(H2,32,39,40). The van der Waals surface area contributed by atoms with Gasteiger partial charge < -0.3 is 19.9 Å². The van der Waals surface area contributed by atoms with E-state index in [9.17, 15) is 18.0 Å². The largest absolute Gasteiger partial charge is 0.446 e. The van der Waals surface area contributed by atoms with E-state index in [0.29, 0.717) is 28.9 Å². The van der Waals surface area contributed by atoms with Crippen molar-refractivity contribution < 1.29 is 22.7 Å². The van der Waals surface area contributed by atoms with Crippen molar-refractivity contribution in [2.75, 3.05) is 32.0 Å². The highest BCUT2D eigenvalue weighted by atomic mass is 32.2. The Kier molecular flexibility index (Phi) is 9.94. The fraction of sp³-hybridized carbons (Fsp3) is 0.300. The minimum absolute atomic E-state index is 0.0265. The number of hydrogen-bond acceptors (Lipinski definition) is 7. The number of benzene rings is 3. The zero-order valence-electron chi connectivity index (χ0n) is 23.7. The zero-order chi connectivity index (χ0) is 30.3. The fourth-order valence-corrected chi connectivity index (χ4v) is 5.48. The molecule has 0 saturated carbocycles. The van der Waals surface area contributed by atoms with Gasteiger partial charge in [-0.3, -0.25) is 10.7 Å². The molecule has 3 aromatic rings. The molecule has 0 aliphatic carbocycles. The Balaban J connectivity index is 1.35. The summed E-state index contributed by atoms with van der Waals surface area (Å²) in [4.78, 5) is 29.2. The zero-order valence-corrected chi connectivity index (χ0v) is 24.5. The number of nitrogens with one attached hydrogen (secondary N) is 3. The number of primary sulfonamides is 1. The minimum atomic E-state index is -3.90. The molecule has 1 saturated heterocycles. The van der Waals surface area contributed by atoms with Gasteiger partial charge in [0.25, 0.3) is 0 Å². The van der Waals surface area contributed by atoms with E-state index in [2.05, 4.69) is 15.5 Å². The molecule has 1 aliphatic rings. The normalized spacial score (nSPS) is 14.2. The molecular weight excluding hydrogens is 556 g/mol. The topological polar surface area (TPSA) is 158 Å². The minimum Gasteiger partial charge on any atom is -0.446 e. The SMILES string of the molecule is CCN(Cc1cccc(C(=N)NC(=O)OC2CCN(C)CC2)c1)C(=O)Nc1ccc(-c2ccccc2S(N)(=O)=O)cc1. The predicted octanol–water partition coefficient (Wildman–Crippen LogP) is 4.20. The number of urea groups is 1. The number of nitrogens with two attached hydrogens (primary N) is 1. The van der Waals surface area contributed by atoms with Gasteiger partial charge in [0.15, 0.2) is 0 Å². The highest BCUT2D eigenvalue weighted by Gasteiger charge is 2.21. The van der Waals surface area contributed by atoms with Gasteiger partial charge in [-0.1, -0.05) is 48.5 Å². The number of amidine groups is 1. The van der Waals surface area contributed by atoms with Gasteiger partial charge in [-0.05, 0) is 62.2 Å². The third kappa shape index (κ3) is 8.15. The third-order valence-corrected chi connectivity index (χ3v) is 8.03. The maximum Gasteiger partial charge on any atom is 0.413 e. The van der Waals surface area contributed by atoms with Crippen LogP contribution in [-0.4, -0.2) is 69.0 Å². The number of carbonyl (C=O) groups excluding carboxylic acids is 2. The van der Waals surface area contributed by atoms with Crippen LogP contribution in [0.25, 0.3) is 11.1 Å². The first kappa shape index (κ1) is 30.7. The number of nitrogens with zero attached hydrogens (tertiary/aromatic N) is 2. The van der Waals surface area contributed by atoms with E-state index in [1.807, 2.05) is 20.0 Å². The van der Waals surface area contributed by atoms with Gasteiger partial charge in [0.05, 0.1) is 4.90 Å². The summed E-state index contributed by atoms with van der Waals surface area (Å²) >= 11 is 0. The summed E-state index contributed by atoms with van der Waals surface area (Å²) in [5.41, 5.74) is 2.95. The molecule has 1 fully saturated rings. The number of anilines is 1. The van der Waals surface area contributed by atoms with E-state index in [1.165, 1.54) is 6.07 Å². The molecule has 0 bridgehead atoms. The first-order valence-corrected chi connectivity index (χ1v) is 15.2. The van der Waals surface area contributed by atoms with Crippen molar-refractivity contribution >= 4 is 33.7 Å². The number of carbonyl (C=O) groups is 2. The summed E-state index contributed by atoms with van der Waals surface area (Å²) in [7, 11) is -1.87. The van der Waals surface area contributed by atoms with Crippen LogP contribution in [0, 0.1) is 5.41 Å². The van der Waals surface area contributed by atoms with Crippen LogP contribution in [-0.2, 0) is 21.3 Å². The van der Waals surface area contributed by atoms with Gasteiger partial charge >= 0.3 is 12.1 Å². The maximum absolute atomic E-state index is 13.1. The van der Waals surface area contributed by atoms with E-state index in [-0.39, 0.29) is 29.4 Å². The molecule has 3 amide bonds. The summed E-state index contributed by atoms with van der Waals surface area (Å²) in [6, 6.07) is 20.1. The van der Waals surface area contributed by atoms with Gasteiger partial charge in [-0.25, -0.2) is 23.1 Å². The second kappa shape index (κ2) is 13.6. The Morgan fingerprint density at radius 1 is 1.05 bits per heavy atom. The predicted molar refractivity (Wildman–Crippen MR) is 162 cm³/mol. The molecule has 0 radical (unpaired) electrons. The molecule has 42 heavy (non-hydrogen) atoms. The van der Waals surface area contributed by atoms with Crippen LogP contribution in [0.4, 0.5) is 15.3 Å². The second-order valence-electron chi connectivity index (χ2n) is 10.2. The number of piperidine rings is 1. The number of likely N-dealkylation sites (tertiary alicyclic amines) is 1. The van der Waals surface area contributed by atoms with Crippen LogP contribution in [0.2, 0.25) is 0 Å². The van der Waals surface area contributed by atoms with Crippen LogP contribution < -0.4 is 15.8 Å². The number of amides is 3. The second-order valence-corrected chi connectivity index (χ2v) is 11.7. The summed E-state index contributed by atoms with van der Waals surface area (Å²) < 4.78 is 29.4. The summed E-state index contributed by atoms with van der Waals surface area (Å²) in [6.07, 6.45) is 0.719. The van der Waals surface area contributed by atoms with Crippen molar-refractivity contribution in [3.63, 3.8) is 0 Å². The van der Waals surface area contributed by atoms with Gasteiger partial charge in [-0.15, -0.1) is 0 Å². The molecule has 5 N–H and O–H groups in total. The Morgan fingerprint density at radius 2 is 1.74 bits per heavy atom. The molecule has 4 rings (SSSR count). The molecule has 1 aliphatic heterocycles. The molecule has 0 atom stereocenters. The lowest BCUT2D eigenvalue weighted by Crippen LogP contribution is -2.39. The Hall–Kier alpha value is -4.26. The highest BCUT2D eigenvalue weighted by molar-refractivity contribution is 7.89. The van der Waals surface area contributed by atoms with Crippen molar-refractivity contribution in [1.82, 2.24) is 15.1 Å². The smallest absolute Gasteiger partial charge is 0.413 e. The molecule has 12 heteroatoms. The van der Waals surface area contributed by atoms with Crippen LogP contribution in [0.1, 0.15) is 30.9 Å². The van der Waals surface area contributed by atoms with Crippen molar-refractivity contribution in [1.29, 1.82) is 5.41 Å². The third-order valence-electron chi connectivity index (χ3n) is 7.07. The van der Waals surface area contributed by atoms with Crippen molar-refractivity contribution in [3.05, 3.63) is 83.9 Å². The van der Waals surface area contributed by atoms with Crippen LogP contribution >= 0.6 is 0 Å². The van der Waals surface area contributed by atoms with Crippen LogP contribution in [0.15, 0.2) is 77.7 Å². The number of hydrogen-bond donors (Lipinski definition) is 4. The Morgan fingerprint density at radius 3 is 2.40 bits per heavy atom. The first-order valence-electron chi connectivity index (χ1n) is 13.7. The van der Waals surface area contributed by atoms with Gasteiger partial charge in [0.2, 0.25) is 10.0 Å². The van der Waals surface area contributed by atoms with Gasteiger partial charge in [0.1, 0.15) is 11.9 Å². The Labute approximate surface area is 246 Å². The average molecular weight is 593 g/mol. The van der Waals surface area contributed by atoms with Gasteiger partial charge in [0, 0.05) is 43.0 Å². The monoisotopic (exact) mass is 592 g/mol. The lowest BCUT2D eigenvalue weighted by atomic mass is 10.1. The van der Waals surface area contributed by atoms with E-state index in [0.717, 1.165) is 31.5 Å². The first-order chi connectivity index (χ1) is 20.0. The van der Waals surface area contributed by atoms with E-state index < -0.39 is 16.1 Å². The number of ether oxygens (including phenoxy) is 1. The van der Waals surface area contributed by atoms with Crippen molar-refractivity contribution in [2.24, 2.45) is 5.14 Å². The summed E-state index contributed by atoms with van der Waals surface area (Å²) in [6.45, 7) is 4.29. The molecule has 222 valence electrons. The fourth-order valence-electron chi connectivity index (χ4n) is 4.72. The molecular formula is C30H36N6O5S. The lowest BCUT2D eigenvalue weighted by molar-refractivity contribution is 0.0602. The summed E-state index contributed by atoms with van der Waals surface area (Å²) in [5, 5.41) is 19.1. The Bertz CT molecular complexity index is 1540. The summed E-state index contributed by atoms with van der Waals surface area (Å²) in [5.74, 6) is -0.0774. The van der Waals surface area contributed by atoms with Crippen molar-refractivity contribution in [3.8, 4) is 11.1 Å². The quantitative estimate of drug-likeness (QED) is 0.227. The van der Waals surface area contributed by atoms with E-state index in [4.69, 9.17) is 15.3 Å². The van der Waals surface area contributed by atoms with Crippen LogP contribution in [0.3, 0.4) is 0 Å². The molecule has 11 nitrogen and oxygen atoms in total. The van der Waals surface area contributed by atoms with Crippen molar-refractivity contribution in [2.45, 2.75) is 37.3 Å². The highest BCUT2D eigenvalue weighted by Crippen LogP contribution is 2.27.